The van der Waals surface area contributed by atoms with Gasteiger partial charge in [-0.2, -0.15) is 0 Å². The highest BCUT2D eigenvalue weighted by Crippen LogP contribution is 2.24. The molecule has 182 valence electrons. The average Bonchev–Trinajstić information content (AvgIpc) is 2.88. The van der Waals surface area contributed by atoms with Crippen LogP contribution >= 0.6 is 0 Å². The summed E-state index contributed by atoms with van der Waals surface area (Å²) in [5.41, 5.74) is 13.2. The van der Waals surface area contributed by atoms with Crippen molar-refractivity contribution in [2.75, 3.05) is 0 Å². The Labute approximate surface area is 216 Å². The quantitative estimate of drug-likeness (QED) is 0.202. The maximum absolute atomic E-state index is 11.2. The molecule has 4 aromatic rings. The second kappa shape index (κ2) is 12.1. The summed E-state index contributed by atoms with van der Waals surface area (Å²) >= 11 is 0. The van der Waals surface area contributed by atoms with Gasteiger partial charge in [-0.3, -0.25) is 4.79 Å². The topological polar surface area (TPSA) is 17.1 Å². The molecule has 0 heterocycles. The lowest BCUT2D eigenvalue weighted by Gasteiger charge is -2.10. The first-order valence-corrected chi connectivity index (χ1v) is 12.3. The van der Waals surface area contributed by atoms with Crippen molar-refractivity contribution in [3.63, 3.8) is 0 Å². The third-order valence-corrected chi connectivity index (χ3v) is 6.65. The van der Waals surface area contributed by atoms with Crippen LogP contribution in [0.3, 0.4) is 0 Å². The average molecular weight is 473 g/mol. The SMILES string of the molecule is C=C(Cc1ccc(-c2ccc(C)cc2)cc1)c1ccc(C)c(C)c1.C=CC(=O)c1ccc(C)c(C)c1. The van der Waals surface area contributed by atoms with Gasteiger partial charge in [0.2, 0.25) is 0 Å². The molecule has 0 aliphatic rings. The number of hydrogen-bond donors (Lipinski definition) is 0. The zero-order chi connectivity index (χ0) is 26.2. The first-order valence-electron chi connectivity index (χ1n) is 12.3. The maximum Gasteiger partial charge on any atom is 0.185 e. The molecule has 0 saturated heterocycles. The highest BCUT2D eigenvalue weighted by Gasteiger charge is 2.04. The second-order valence-corrected chi connectivity index (χ2v) is 9.51. The van der Waals surface area contributed by atoms with E-state index in [2.05, 4.69) is 101 Å². The van der Waals surface area contributed by atoms with Gasteiger partial charge < -0.3 is 0 Å². The van der Waals surface area contributed by atoms with Gasteiger partial charge in [-0.15, -0.1) is 0 Å². The minimum absolute atomic E-state index is 0.0156. The van der Waals surface area contributed by atoms with Gasteiger partial charge in [-0.25, -0.2) is 0 Å². The molecule has 0 amide bonds. The molecule has 0 aliphatic heterocycles. The Bertz CT molecular complexity index is 1370. The third-order valence-electron chi connectivity index (χ3n) is 6.65. The van der Waals surface area contributed by atoms with E-state index in [1.807, 2.05) is 32.0 Å². The van der Waals surface area contributed by atoms with Crippen molar-refractivity contribution in [3.05, 3.63) is 149 Å². The van der Waals surface area contributed by atoms with Gasteiger partial charge in [-0.05, 0) is 103 Å². The van der Waals surface area contributed by atoms with Crippen molar-refractivity contribution >= 4 is 11.4 Å². The predicted molar refractivity (Wildman–Crippen MR) is 156 cm³/mol. The van der Waals surface area contributed by atoms with Crippen molar-refractivity contribution in [2.24, 2.45) is 0 Å². The molecule has 1 nitrogen and oxygen atoms in total. The van der Waals surface area contributed by atoms with Gasteiger partial charge in [0, 0.05) is 5.56 Å². The summed E-state index contributed by atoms with van der Waals surface area (Å²) in [5, 5.41) is 0. The Morgan fingerprint density at radius 1 is 0.639 bits per heavy atom. The number of aryl methyl sites for hydroxylation is 5. The van der Waals surface area contributed by atoms with Crippen molar-refractivity contribution in [1.82, 2.24) is 0 Å². The number of allylic oxidation sites excluding steroid dienone is 2. The molecule has 4 aromatic carbocycles. The Morgan fingerprint density at radius 3 is 1.61 bits per heavy atom. The molecule has 0 spiro atoms. The fourth-order valence-electron chi connectivity index (χ4n) is 3.88. The van der Waals surface area contributed by atoms with Crippen LogP contribution in [0.25, 0.3) is 16.7 Å². The van der Waals surface area contributed by atoms with E-state index >= 15 is 0 Å². The number of hydrogen-bond acceptors (Lipinski definition) is 1. The van der Waals surface area contributed by atoms with Gasteiger partial charge in [-0.1, -0.05) is 97.6 Å². The van der Waals surface area contributed by atoms with Crippen LogP contribution in [-0.2, 0) is 6.42 Å². The minimum atomic E-state index is -0.0156. The van der Waals surface area contributed by atoms with E-state index in [1.54, 1.807) is 0 Å². The van der Waals surface area contributed by atoms with Crippen LogP contribution in [0.2, 0.25) is 0 Å². The summed E-state index contributed by atoms with van der Waals surface area (Å²) in [6.07, 6.45) is 2.22. The minimum Gasteiger partial charge on any atom is -0.289 e. The Balaban J connectivity index is 0.000000253. The smallest absolute Gasteiger partial charge is 0.185 e. The van der Waals surface area contributed by atoms with E-state index in [0.717, 1.165) is 12.0 Å². The Hall–Kier alpha value is -3.97. The zero-order valence-electron chi connectivity index (χ0n) is 22.2. The fourth-order valence-corrected chi connectivity index (χ4v) is 3.88. The van der Waals surface area contributed by atoms with Crippen LogP contribution in [0.15, 0.2) is 104 Å². The molecule has 0 saturated carbocycles. The molecule has 0 atom stereocenters. The standard InChI is InChI=1S/C24H24.C11H12O/c1-17-5-10-22(11-6-17)23-13-8-21(9-14-23)15-20(4)24-12-7-18(2)19(3)16-24;1-4-11(12)10-6-5-8(2)9(3)7-10/h5-14,16H,4,15H2,1-3H3;4-7H,1H2,2-3H3. The van der Waals surface area contributed by atoms with Gasteiger partial charge >= 0.3 is 0 Å². The highest BCUT2D eigenvalue weighted by atomic mass is 16.1. The van der Waals surface area contributed by atoms with Gasteiger partial charge in [0.1, 0.15) is 0 Å². The van der Waals surface area contributed by atoms with Gasteiger partial charge in [0.15, 0.2) is 5.78 Å². The van der Waals surface area contributed by atoms with E-state index < -0.39 is 0 Å². The molecular weight excluding hydrogens is 436 g/mol. The van der Waals surface area contributed by atoms with Crippen molar-refractivity contribution in [2.45, 2.75) is 41.0 Å². The van der Waals surface area contributed by atoms with Crippen LogP contribution in [0, 0.1) is 34.6 Å². The summed E-state index contributed by atoms with van der Waals surface area (Å²) in [7, 11) is 0. The van der Waals surface area contributed by atoms with Crippen molar-refractivity contribution in [1.29, 1.82) is 0 Å². The Kier molecular flexibility index (Phi) is 8.97. The zero-order valence-corrected chi connectivity index (χ0v) is 22.2. The highest BCUT2D eigenvalue weighted by molar-refractivity contribution is 6.04. The molecule has 36 heavy (non-hydrogen) atoms. The maximum atomic E-state index is 11.2. The Morgan fingerprint density at radius 2 is 1.11 bits per heavy atom. The lowest BCUT2D eigenvalue weighted by Crippen LogP contribution is -1.94. The van der Waals surface area contributed by atoms with Crippen LogP contribution < -0.4 is 0 Å². The van der Waals surface area contributed by atoms with Crippen LogP contribution in [-0.4, -0.2) is 5.78 Å². The summed E-state index contributed by atoms with van der Waals surface area (Å²) in [6, 6.07) is 29.7. The van der Waals surface area contributed by atoms with E-state index in [0.29, 0.717) is 5.56 Å². The summed E-state index contributed by atoms with van der Waals surface area (Å²) in [6.45, 7) is 18.2. The number of rotatable bonds is 6. The van der Waals surface area contributed by atoms with Gasteiger partial charge in [0.05, 0.1) is 0 Å². The van der Waals surface area contributed by atoms with Crippen molar-refractivity contribution < 1.29 is 4.79 Å². The van der Waals surface area contributed by atoms with Crippen LogP contribution in [0.1, 0.15) is 49.3 Å². The molecule has 0 fully saturated rings. The van der Waals surface area contributed by atoms with E-state index in [1.165, 1.54) is 56.2 Å². The molecule has 1 heteroatoms. The lowest BCUT2D eigenvalue weighted by atomic mass is 9.95. The fraction of sp³-hybridized carbons (Fsp3) is 0.171. The van der Waals surface area contributed by atoms with E-state index in [-0.39, 0.29) is 5.78 Å². The van der Waals surface area contributed by atoms with Crippen molar-refractivity contribution in [3.8, 4) is 11.1 Å². The van der Waals surface area contributed by atoms with Crippen LogP contribution in [0.4, 0.5) is 0 Å². The molecular formula is C35H36O. The molecule has 0 aromatic heterocycles. The largest absolute Gasteiger partial charge is 0.289 e. The molecule has 0 aliphatic carbocycles. The van der Waals surface area contributed by atoms with E-state index in [4.69, 9.17) is 0 Å². The monoisotopic (exact) mass is 472 g/mol. The number of carbonyl (C=O) groups is 1. The molecule has 0 radical (unpaired) electrons. The first kappa shape index (κ1) is 26.6. The number of ketones is 1. The normalized spacial score (nSPS) is 10.2. The van der Waals surface area contributed by atoms with Gasteiger partial charge in [0.25, 0.3) is 0 Å². The van der Waals surface area contributed by atoms with E-state index in [9.17, 15) is 4.79 Å². The summed E-state index contributed by atoms with van der Waals surface area (Å²) in [5.74, 6) is -0.0156. The predicted octanol–water partition coefficient (Wildman–Crippen LogP) is 9.21. The summed E-state index contributed by atoms with van der Waals surface area (Å²) in [4.78, 5) is 11.2. The number of benzene rings is 4. The molecule has 0 bridgehead atoms. The molecule has 0 unspecified atom stereocenters. The first-order chi connectivity index (χ1) is 17.2. The number of carbonyl (C=O) groups excluding carboxylic acids is 1. The second-order valence-electron chi connectivity index (χ2n) is 9.51. The third kappa shape index (κ3) is 7.02. The lowest BCUT2D eigenvalue weighted by molar-refractivity contribution is 0.104. The molecule has 4 rings (SSSR count). The van der Waals surface area contributed by atoms with Crippen LogP contribution in [0.5, 0.6) is 0 Å². The molecule has 0 N–H and O–H groups in total. The summed E-state index contributed by atoms with van der Waals surface area (Å²) < 4.78 is 0.